The zero-order chi connectivity index (χ0) is 18.0. The number of hydrogen-bond acceptors (Lipinski definition) is 3. The number of benzene rings is 2. The highest BCUT2D eigenvalue weighted by Crippen LogP contribution is 2.21. The van der Waals surface area contributed by atoms with Crippen LogP contribution in [-0.2, 0) is 17.9 Å². The van der Waals surface area contributed by atoms with E-state index in [0.29, 0.717) is 13.1 Å². The predicted molar refractivity (Wildman–Crippen MR) is 101 cm³/mol. The number of aryl methyl sites for hydroxylation is 2. The summed E-state index contributed by atoms with van der Waals surface area (Å²) in [4.78, 5) is 13.1. The molecule has 0 unspecified atom stereocenters. The predicted octanol–water partition coefficient (Wildman–Crippen LogP) is 3.74. The van der Waals surface area contributed by atoms with Gasteiger partial charge in [0.2, 0.25) is 0 Å². The van der Waals surface area contributed by atoms with Gasteiger partial charge in [-0.05, 0) is 60.7 Å². The molecular weight excluding hydrogens is 312 g/mol. The molecule has 0 amide bonds. The van der Waals surface area contributed by atoms with Gasteiger partial charge in [-0.15, -0.1) is 0 Å². The summed E-state index contributed by atoms with van der Waals surface area (Å²) in [6.45, 7) is 9.38. The van der Waals surface area contributed by atoms with Gasteiger partial charge in [0.1, 0.15) is 0 Å². The molecular formula is C21H26N2O2. The first-order chi connectivity index (χ1) is 11.9. The summed E-state index contributed by atoms with van der Waals surface area (Å²) in [7, 11) is 0. The van der Waals surface area contributed by atoms with Crippen LogP contribution in [0.2, 0.25) is 0 Å². The molecule has 1 heterocycles. The molecule has 0 spiro atoms. The van der Waals surface area contributed by atoms with Gasteiger partial charge < -0.3 is 10.4 Å². The third-order valence-electron chi connectivity index (χ3n) is 5.12. The first-order valence-electron chi connectivity index (χ1n) is 8.77. The largest absolute Gasteiger partial charge is 0.481 e. The molecule has 2 aromatic carbocycles. The zero-order valence-electron chi connectivity index (χ0n) is 15.2. The van der Waals surface area contributed by atoms with Gasteiger partial charge in [0.25, 0.3) is 0 Å². The molecule has 2 aromatic rings. The SMILES string of the molecule is Cc1cc(CNc2cccc(CN3CC(C(=O)O)C3)c2)cc(C)c1C. The summed E-state index contributed by atoms with van der Waals surface area (Å²) >= 11 is 0. The molecule has 4 heteroatoms. The Balaban J connectivity index is 1.58. The maximum absolute atomic E-state index is 10.9. The Kier molecular flexibility index (Phi) is 5.09. The molecule has 1 aliphatic rings. The van der Waals surface area contributed by atoms with Crippen molar-refractivity contribution in [2.45, 2.75) is 33.9 Å². The van der Waals surface area contributed by atoms with Crippen molar-refractivity contribution in [3.05, 3.63) is 64.2 Å². The van der Waals surface area contributed by atoms with Gasteiger partial charge in [-0.2, -0.15) is 0 Å². The van der Waals surface area contributed by atoms with E-state index in [4.69, 9.17) is 5.11 Å². The molecule has 0 radical (unpaired) electrons. The monoisotopic (exact) mass is 338 g/mol. The van der Waals surface area contributed by atoms with Crippen LogP contribution in [0.5, 0.6) is 0 Å². The van der Waals surface area contributed by atoms with Gasteiger partial charge >= 0.3 is 5.97 Å². The van der Waals surface area contributed by atoms with Crippen LogP contribution in [0.25, 0.3) is 0 Å². The number of hydrogen-bond donors (Lipinski definition) is 2. The Morgan fingerprint density at radius 1 is 1.12 bits per heavy atom. The van der Waals surface area contributed by atoms with Crippen LogP contribution in [0.1, 0.15) is 27.8 Å². The highest BCUT2D eigenvalue weighted by Gasteiger charge is 2.32. The van der Waals surface area contributed by atoms with E-state index in [0.717, 1.165) is 18.8 Å². The molecule has 0 bridgehead atoms. The number of likely N-dealkylation sites (tertiary alicyclic amines) is 1. The van der Waals surface area contributed by atoms with Crippen molar-refractivity contribution in [2.75, 3.05) is 18.4 Å². The Morgan fingerprint density at radius 3 is 2.44 bits per heavy atom. The van der Waals surface area contributed by atoms with E-state index in [9.17, 15) is 4.79 Å². The molecule has 1 aliphatic heterocycles. The number of carboxylic acid groups (broad SMARTS) is 1. The van der Waals surface area contributed by atoms with Gasteiger partial charge in [0.05, 0.1) is 5.92 Å². The Morgan fingerprint density at radius 2 is 1.80 bits per heavy atom. The average molecular weight is 338 g/mol. The van der Waals surface area contributed by atoms with Gasteiger partial charge in [-0.3, -0.25) is 9.69 Å². The summed E-state index contributed by atoms with van der Waals surface area (Å²) in [6, 6.07) is 12.9. The number of nitrogens with one attached hydrogen (secondary N) is 1. The van der Waals surface area contributed by atoms with Gasteiger partial charge in [0.15, 0.2) is 0 Å². The van der Waals surface area contributed by atoms with E-state index in [1.165, 1.54) is 27.8 Å². The van der Waals surface area contributed by atoms with Crippen LogP contribution in [0.3, 0.4) is 0 Å². The highest BCUT2D eigenvalue weighted by molar-refractivity contribution is 5.71. The Hall–Kier alpha value is -2.33. The molecule has 0 atom stereocenters. The third-order valence-corrected chi connectivity index (χ3v) is 5.12. The summed E-state index contributed by atoms with van der Waals surface area (Å²) in [5.41, 5.74) is 7.62. The van der Waals surface area contributed by atoms with Gasteiger partial charge in [-0.1, -0.05) is 24.3 Å². The number of rotatable bonds is 6. The van der Waals surface area contributed by atoms with Crippen LogP contribution in [0.4, 0.5) is 5.69 Å². The first-order valence-corrected chi connectivity index (χ1v) is 8.77. The third kappa shape index (κ3) is 4.20. The van der Waals surface area contributed by atoms with E-state index in [-0.39, 0.29) is 5.92 Å². The molecule has 1 saturated heterocycles. The van der Waals surface area contributed by atoms with Crippen molar-refractivity contribution >= 4 is 11.7 Å². The van der Waals surface area contributed by atoms with E-state index in [2.05, 4.69) is 67.4 Å². The molecule has 0 aromatic heterocycles. The Bertz CT molecular complexity index is 756. The molecule has 3 rings (SSSR count). The van der Waals surface area contributed by atoms with Gasteiger partial charge in [-0.25, -0.2) is 0 Å². The number of aliphatic carboxylic acids is 1. The molecule has 4 nitrogen and oxygen atoms in total. The fourth-order valence-electron chi connectivity index (χ4n) is 3.32. The fraction of sp³-hybridized carbons (Fsp3) is 0.381. The van der Waals surface area contributed by atoms with E-state index < -0.39 is 5.97 Å². The normalized spacial score (nSPS) is 15.0. The van der Waals surface area contributed by atoms with E-state index in [1.807, 2.05) is 0 Å². The summed E-state index contributed by atoms with van der Waals surface area (Å²) in [6.07, 6.45) is 0. The van der Waals surface area contributed by atoms with Crippen LogP contribution < -0.4 is 5.32 Å². The minimum atomic E-state index is -0.685. The highest BCUT2D eigenvalue weighted by atomic mass is 16.4. The van der Waals surface area contributed by atoms with E-state index in [1.54, 1.807) is 0 Å². The summed E-state index contributed by atoms with van der Waals surface area (Å²) in [5.74, 6) is -0.885. The average Bonchev–Trinajstić information content (AvgIpc) is 2.53. The van der Waals surface area contributed by atoms with Crippen molar-refractivity contribution in [1.29, 1.82) is 0 Å². The summed E-state index contributed by atoms with van der Waals surface area (Å²) in [5, 5.41) is 12.5. The molecule has 2 N–H and O–H groups in total. The molecule has 0 saturated carbocycles. The van der Waals surface area contributed by atoms with Crippen molar-refractivity contribution in [1.82, 2.24) is 4.90 Å². The lowest BCUT2D eigenvalue weighted by atomic mass is 9.99. The number of anilines is 1. The van der Waals surface area contributed by atoms with Crippen LogP contribution in [0, 0.1) is 26.7 Å². The number of nitrogens with zero attached hydrogens (tertiary/aromatic N) is 1. The van der Waals surface area contributed by atoms with E-state index >= 15 is 0 Å². The van der Waals surface area contributed by atoms with Crippen LogP contribution in [-0.4, -0.2) is 29.1 Å². The fourth-order valence-corrected chi connectivity index (χ4v) is 3.32. The lowest BCUT2D eigenvalue weighted by Crippen LogP contribution is -2.49. The molecule has 1 fully saturated rings. The Labute approximate surface area is 149 Å². The summed E-state index contributed by atoms with van der Waals surface area (Å²) < 4.78 is 0. The quantitative estimate of drug-likeness (QED) is 0.842. The topological polar surface area (TPSA) is 52.6 Å². The van der Waals surface area contributed by atoms with Crippen molar-refractivity contribution < 1.29 is 9.90 Å². The second-order valence-corrected chi connectivity index (χ2v) is 7.14. The van der Waals surface area contributed by atoms with Crippen LogP contribution >= 0.6 is 0 Å². The smallest absolute Gasteiger partial charge is 0.309 e. The first kappa shape index (κ1) is 17.5. The lowest BCUT2D eigenvalue weighted by molar-refractivity contribution is -0.147. The van der Waals surface area contributed by atoms with Crippen LogP contribution in [0.15, 0.2) is 36.4 Å². The standard InChI is InChI=1S/C21H26N2O2/c1-14-7-18(8-15(2)16(14)3)10-22-20-6-4-5-17(9-20)11-23-12-19(13-23)21(24)25/h4-9,19,22H,10-13H2,1-3H3,(H,24,25). The molecule has 25 heavy (non-hydrogen) atoms. The lowest BCUT2D eigenvalue weighted by Gasteiger charge is -2.36. The van der Waals surface area contributed by atoms with Crippen molar-refractivity contribution in [2.24, 2.45) is 5.92 Å². The minimum Gasteiger partial charge on any atom is -0.481 e. The second kappa shape index (κ2) is 7.28. The maximum atomic E-state index is 10.9. The second-order valence-electron chi connectivity index (χ2n) is 7.14. The number of carboxylic acids is 1. The molecule has 132 valence electrons. The zero-order valence-corrected chi connectivity index (χ0v) is 15.2. The van der Waals surface area contributed by atoms with Crippen molar-refractivity contribution in [3.63, 3.8) is 0 Å². The minimum absolute atomic E-state index is 0.200. The van der Waals surface area contributed by atoms with Gasteiger partial charge in [0, 0.05) is 31.9 Å². The number of carbonyl (C=O) groups is 1. The van der Waals surface area contributed by atoms with Crippen molar-refractivity contribution in [3.8, 4) is 0 Å². The molecule has 0 aliphatic carbocycles. The maximum Gasteiger partial charge on any atom is 0.309 e.